The fourth-order valence-corrected chi connectivity index (χ4v) is 6.90. The van der Waals surface area contributed by atoms with Crippen molar-refractivity contribution in [3.8, 4) is 11.5 Å². The zero-order valence-electron chi connectivity index (χ0n) is 27.5. The summed E-state index contributed by atoms with van der Waals surface area (Å²) in [4.78, 5) is 20.0. The smallest absolute Gasteiger partial charge is 0.343 e. The highest BCUT2D eigenvalue weighted by atomic mass is 16.5. The number of rotatable bonds is 11. The van der Waals surface area contributed by atoms with Gasteiger partial charge in [0.1, 0.15) is 11.5 Å². The Kier molecular flexibility index (Phi) is 9.12. The second-order valence-corrected chi connectivity index (χ2v) is 13.0. The third-order valence-corrected chi connectivity index (χ3v) is 9.81. The normalized spacial score (nSPS) is 17.7. The highest BCUT2D eigenvalue weighted by molar-refractivity contribution is 5.92. The van der Waals surface area contributed by atoms with Crippen LogP contribution in [-0.2, 0) is 11.8 Å². The van der Waals surface area contributed by atoms with E-state index in [0.29, 0.717) is 11.3 Å². The molecule has 1 spiro atoms. The molecular weight excluding hydrogens is 568 g/mol. The maximum Gasteiger partial charge on any atom is 0.343 e. The van der Waals surface area contributed by atoms with Gasteiger partial charge in [-0.05, 0) is 95.4 Å². The largest absolute Gasteiger partial charge is 0.494 e. The molecule has 0 amide bonds. The molecule has 0 saturated carbocycles. The molecule has 4 aromatic carbocycles. The van der Waals surface area contributed by atoms with Crippen molar-refractivity contribution in [2.75, 3.05) is 18.6 Å². The number of hydrogen-bond donors (Lipinski definition) is 0. The van der Waals surface area contributed by atoms with E-state index in [0.717, 1.165) is 42.0 Å². The number of esters is 1. The maximum absolute atomic E-state index is 13.0. The first-order valence-electron chi connectivity index (χ1n) is 16.6. The standard InChI is InChI=1S/C41H44N2O3/c1-5-6-7-8-11-26-45-35-21-14-30(15-22-35)29-42-34-19-16-31(17-20-34)39(44)46-36-23-18-33-28-41(25-24-32(33)27-36)40(2,3)37-12-9-10-13-38(37)43(41)4/h9-10,12-25,27,29H,5-8,11,26,28H2,1-4H3. The first-order chi connectivity index (χ1) is 22.3. The van der Waals surface area contributed by atoms with Gasteiger partial charge in [0.2, 0.25) is 0 Å². The van der Waals surface area contributed by atoms with Crippen LogP contribution in [0.5, 0.6) is 11.5 Å². The van der Waals surface area contributed by atoms with Gasteiger partial charge in [0.15, 0.2) is 0 Å². The summed E-state index contributed by atoms with van der Waals surface area (Å²) in [5.41, 5.74) is 7.01. The molecule has 1 aliphatic carbocycles. The van der Waals surface area contributed by atoms with Gasteiger partial charge in [0.25, 0.3) is 0 Å². The Balaban J connectivity index is 1.04. The van der Waals surface area contributed by atoms with Gasteiger partial charge in [-0.3, -0.25) is 4.99 Å². The Hall–Kier alpha value is -4.64. The van der Waals surface area contributed by atoms with E-state index >= 15 is 0 Å². The van der Waals surface area contributed by atoms with E-state index in [1.807, 2.05) is 54.7 Å². The zero-order chi connectivity index (χ0) is 32.1. The Morgan fingerprint density at radius 3 is 2.39 bits per heavy atom. The SMILES string of the molecule is CCCCCCCOc1ccc(C=Nc2ccc(C(=O)Oc3ccc4c(c3)C=CC3(C4)N(C)c4ccccc4C3(C)C)cc2)cc1. The van der Waals surface area contributed by atoms with Gasteiger partial charge < -0.3 is 14.4 Å². The Morgan fingerprint density at radius 2 is 1.63 bits per heavy atom. The quantitative estimate of drug-likeness (QED) is 0.0732. The average Bonchev–Trinajstić information content (AvgIpc) is 3.24. The van der Waals surface area contributed by atoms with Crippen LogP contribution in [0.15, 0.2) is 102 Å². The van der Waals surface area contributed by atoms with Gasteiger partial charge in [-0.2, -0.15) is 0 Å². The molecule has 1 unspecified atom stereocenters. The molecule has 1 atom stereocenters. The van der Waals surface area contributed by atoms with E-state index in [1.54, 1.807) is 12.1 Å². The van der Waals surface area contributed by atoms with Crippen molar-refractivity contribution in [3.05, 3.63) is 125 Å². The molecule has 5 nitrogen and oxygen atoms in total. The Bertz CT molecular complexity index is 1740. The third-order valence-electron chi connectivity index (χ3n) is 9.81. The van der Waals surface area contributed by atoms with E-state index in [1.165, 1.54) is 42.5 Å². The van der Waals surface area contributed by atoms with Gasteiger partial charge in [0.05, 0.1) is 23.4 Å². The second kappa shape index (κ2) is 13.4. The number of fused-ring (bicyclic) bond motifs is 2. The van der Waals surface area contributed by atoms with Crippen LogP contribution < -0.4 is 14.4 Å². The molecule has 0 radical (unpaired) electrons. The highest BCUT2D eigenvalue weighted by Gasteiger charge is 2.54. The number of benzene rings is 4. The van der Waals surface area contributed by atoms with Crippen LogP contribution in [0.4, 0.5) is 11.4 Å². The molecule has 1 aliphatic heterocycles. The predicted molar refractivity (Wildman–Crippen MR) is 189 cm³/mol. The van der Waals surface area contributed by atoms with Crippen LogP contribution in [0.3, 0.4) is 0 Å². The van der Waals surface area contributed by atoms with Gasteiger partial charge in [-0.1, -0.05) is 82.9 Å². The number of para-hydroxylation sites is 1. The molecule has 0 aromatic heterocycles. The topological polar surface area (TPSA) is 51.1 Å². The zero-order valence-corrected chi connectivity index (χ0v) is 27.5. The van der Waals surface area contributed by atoms with E-state index in [9.17, 15) is 4.79 Å². The van der Waals surface area contributed by atoms with Crippen molar-refractivity contribution in [1.82, 2.24) is 0 Å². The average molecular weight is 613 g/mol. The van der Waals surface area contributed by atoms with Crippen LogP contribution in [-0.4, -0.2) is 31.4 Å². The lowest BCUT2D eigenvalue weighted by Crippen LogP contribution is -2.55. The number of ether oxygens (including phenoxy) is 2. The number of unbranched alkanes of at least 4 members (excludes halogenated alkanes) is 4. The van der Waals surface area contributed by atoms with Crippen molar-refractivity contribution in [2.24, 2.45) is 4.99 Å². The van der Waals surface area contributed by atoms with Crippen LogP contribution in [0.2, 0.25) is 0 Å². The van der Waals surface area contributed by atoms with Crippen LogP contribution in [0, 0.1) is 0 Å². The molecule has 2 aliphatic rings. The summed E-state index contributed by atoms with van der Waals surface area (Å²) in [5, 5.41) is 0. The lowest BCUT2D eigenvalue weighted by atomic mass is 9.65. The summed E-state index contributed by atoms with van der Waals surface area (Å²) in [6, 6.07) is 29.8. The number of aliphatic imine (C=N–C) groups is 1. The maximum atomic E-state index is 13.0. The number of nitrogens with zero attached hydrogens (tertiary/aromatic N) is 2. The van der Waals surface area contributed by atoms with Crippen LogP contribution in [0.25, 0.3) is 6.08 Å². The van der Waals surface area contributed by atoms with Gasteiger partial charge in [-0.15, -0.1) is 0 Å². The van der Waals surface area contributed by atoms with Crippen molar-refractivity contribution >= 4 is 29.6 Å². The number of hydrogen-bond acceptors (Lipinski definition) is 5. The minimum atomic E-state index is -0.389. The summed E-state index contributed by atoms with van der Waals surface area (Å²) in [6.45, 7) is 7.65. The van der Waals surface area contributed by atoms with Gasteiger partial charge >= 0.3 is 5.97 Å². The fourth-order valence-electron chi connectivity index (χ4n) is 6.90. The van der Waals surface area contributed by atoms with E-state index in [-0.39, 0.29) is 16.9 Å². The molecule has 1 heterocycles. The van der Waals surface area contributed by atoms with Gasteiger partial charge in [-0.25, -0.2) is 4.79 Å². The predicted octanol–water partition coefficient (Wildman–Crippen LogP) is 9.74. The molecule has 0 fully saturated rings. The molecule has 0 saturated heterocycles. The summed E-state index contributed by atoms with van der Waals surface area (Å²) in [5.74, 6) is 1.03. The van der Waals surface area contributed by atoms with Crippen molar-refractivity contribution in [3.63, 3.8) is 0 Å². The molecule has 4 aromatic rings. The van der Waals surface area contributed by atoms with E-state index in [2.05, 4.69) is 80.2 Å². The summed E-state index contributed by atoms with van der Waals surface area (Å²) < 4.78 is 11.7. The van der Waals surface area contributed by atoms with Gasteiger partial charge in [0, 0.05) is 30.8 Å². The fraction of sp³-hybridized carbons (Fsp3) is 0.317. The molecule has 0 N–H and O–H groups in total. The molecule has 6 rings (SSSR count). The van der Waals surface area contributed by atoms with Crippen molar-refractivity contribution in [2.45, 2.75) is 70.3 Å². The first-order valence-corrected chi connectivity index (χ1v) is 16.6. The van der Waals surface area contributed by atoms with E-state index < -0.39 is 0 Å². The monoisotopic (exact) mass is 612 g/mol. The van der Waals surface area contributed by atoms with Crippen LogP contribution >= 0.6 is 0 Å². The second-order valence-electron chi connectivity index (χ2n) is 13.0. The summed E-state index contributed by atoms with van der Waals surface area (Å²) in [6.07, 6.45) is 13.3. The van der Waals surface area contributed by atoms with Crippen molar-refractivity contribution < 1.29 is 14.3 Å². The van der Waals surface area contributed by atoms with Crippen LogP contribution in [0.1, 0.15) is 85.5 Å². The Morgan fingerprint density at radius 1 is 0.891 bits per heavy atom. The first kappa shape index (κ1) is 31.3. The summed E-state index contributed by atoms with van der Waals surface area (Å²) in [7, 11) is 2.19. The molecule has 5 heteroatoms. The Labute approximate surface area is 273 Å². The van der Waals surface area contributed by atoms with Crippen molar-refractivity contribution in [1.29, 1.82) is 0 Å². The number of anilines is 1. The highest BCUT2D eigenvalue weighted by Crippen LogP contribution is 2.54. The third kappa shape index (κ3) is 6.24. The molecule has 46 heavy (non-hydrogen) atoms. The number of likely N-dealkylation sites (N-methyl/N-ethyl adjacent to an activating group) is 1. The lowest BCUT2D eigenvalue weighted by molar-refractivity contribution is 0.0734. The van der Waals surface area contributed by atoms with E-state index in [4.69, 9.17) is 9.47 Å². The molecule has 0 bridgehead atoms. The summed E-state index contributed by atoms with van der Waals surface area (Å²) >= 11 is 0. The lowest BCUT2D eigenvalue weighted by Gasteiger charge is -2.46. The molecular formula is C41H44N2O3. The number of carbonyl (C=O) groups is 1. The number of carbonyl (C=O) groups excluding carboxylic acids is 1. The molecule has 236 valence electrons. The minimum absolute atomic E-state index is 0.0551. The minimum Gasteiger partial charge on any atom is -0.494 e.